The van der Waals surface area contributed by atoms with Gasteiger partial charge in [-0.25, -0.2) is 0 Å². The van der Waals surface area contributed by atoms with Crippen LogP contribution in [-0.4, -0.2) is 51.1 Å². The molecule has 0 unspecified atom stereocenters. The van der Waals surface area contributed by atoms with Gasteiger partial charge in [0, 0.05) is 20.6 Å². The van der Waals surface area contributed by atoms with Gasteiger partial charge in [0.05, 0.1) is 0 Å². The Hall–Kier alpha value is -0.770. The lowest BCUT2D eigenvalue weighted by Gasteiger charge is -2.18. The quantitative estimate of drug-likeness (QED) is 0.373. The van der Waals surface area contributed by atoms with Crippen LogP contribution in [0, 0.1) is 0 Å². The molecule has 0 spiro atoms. The summed E-state index contributed by atoms with van der Waals surface area (Å²) in [6.45, 7) is 8.80. The number of rotatable bonds is 6. The molecule has 0 heterocycles. The lowest BCUT2D eigenvalue weighted by atomic mass is 10.3. The van der Waals surface area contributed by atoms with Crippen molar-refractivity contribution in [2.24, 2.45) is 4.99 Å². The molecule has 0 rings (SSSR count). The maximum atomic E-state index is 4.04. The van der Waals surface area contributed by atoms with Crippen molar-refractivity contribution < 1.29 is 0 Å². The number of aliphatic imine (C=N–C) groups is 1. The molecule has 2 N–H and O–H groups in total. The topological polar surface area (TPSA) is 39.7 Å². The van der Waals surface area contributed by atoms with Crippen molar-refractivity contribution in [2.45, 2.75) is 20.3 Å². The minimum Gasteiger partial charge on any atom is -0.359 e. The van der Waals surface area contributed by atoms with E-state index in [9.17, 15) is 0 Å². The number of nitrogens with zero attached hydrogens (tertiary/aromatic N) is 2. The predicted octanol–water partition coefficient (Wildman–Crippen LogP) is 0.513. The van der Waals surface area contributed by atoms with Crippen molar-refractivity contribution in [2.75, 3.05) is 40.3 Å². The summed E-state index contributed by atoms with van der Waals surface area (Å²) >= 11 is 0. The molecule has 0 fully saturated rings. The number of nitrogens with one attached hydrogen (secondary N) is 2. The average Bonchev–Trinajstić information content (AvgIpc) is 2.24. The zero-order valence-electron chi connectivity index (χ0n) is 9.93. The summed E-state index contributed by atoms with van der Waals surface area (Å²) in [5.74, 6) is 0.865. The SMILES string of the molecule is CCN(CC)CCCNC(=NC)NC. The van der Waals surface area contributed by atoms with E-state index in [0.717, 1.165) is 38.6 Å². The molecule has 0 saturated heterocycles. The van der Waals surface area contributed by atoms with Gasteiger partial charge in [0.25, 0.3) is 0 Å². The van der Waals surface area contributed by atoms with Gasteiger partial charge in [-0.15, -0.1) is 0 Å². The molecule has 0 aliphatic carbocycles. The molecule has 0 atom stereocenters. The Balaban J connectivity index is 3.45. The lowest BCUT2D eigenvalue weighted by molar-refractivity contribution is 0.300. The molecule has 0 aliphatic heterocycles. The molecule has 0 aliphatic rings. The molecule has 0 aromatic rings. The lowest BCUT2D eigenvalue weighted by Crippen LogP contribution is -2.36. The maximum Gasteiger partial charge on any atom is 0.190 e. The van der Waals surface area contributed by atoms with Crippen LogP contribution in [0.2, 0.25) is 0 Å². The minimum atomic E-state index is 0.865. The zero-order chi connectivity index (χ0) is 10.8. The molecule has 84 valence electrons. The van der Waals surface area contributed by atoms with Crippen LogP contribution in [0.5, 0.6) is 0 Å². The van der Waals surface area contributed by atoms with E-state index in [1.807, 2.05) is 7.05 Å². The Labute approximate surface area is 87.8 Å². The fourth-order valence-corrected chi connectivity index (χ4v) is 1.33. The van der Waals surface area contributed by atoms with Gasteiger partial charge >= 0.3 is 0 Å². The van der Waals surface area contributed by atoms with Crippen LogP contribution in [0.1, 0.15) is 20.3 Å². The Morgan fingerprint density at radius 2 is 1.93 bits per heavy atom. The van der Waals surface area contributed by atoms with E-state index in [1.165, 1.54) is 0 Å². The molecule has 0 amide bonds. The summed E-state index contributed by atoms with van der Waals surface area (Å²) in [6, 6.07) is 0. The van der Waals surface area contributed by atoms with E-state index < -0.39 is 0 Å². The van der Waals surface area contributed by atoms with Crippen molar-refractivity contribution in [1.82, 2.24) is 15.5 Å². The van der Waals surface area contributed by atoms with Gasteiger partial charge in [0.1, 0.15) is 0 Å². The highest BCUT2D eigenvalue weighted by molar-refractivity contribution is 5.79. The van der Waals surface area contributed by atoms with Crippen molar-refractivity contribution >= 4 is 5.96 Å². The summed E-state index contributed by atoms with van der Waals surface area (Å²) in [5.41, 5.74) is 0. The fraction of sp³-hybridized carbons (Fsp3) is 0.900. The van der Waals surface area contributed by atoms with E-state index in [-0.39, 0.29) is 0 Å². The Bertz CT molecular complexity index is 152. The van der Waals surface area contributed by atoms with Crippen LogP contribution in [0.3, 0.4) is 0 Å². The molecule has 0 aromatic carbocycles. The van der Waals surface area contributed by atoms with Crippen molar-refractivity contribution in [3.63, 3.8) is 0 Å². The van der Waals surface area contributed by atoms with E-state index in [1.54, 1.807) is 7.05 Å². The molecule has 4 heteroatoms. The normalized spacial score (nSPS) is 11.9. The second kappa shape index (κ2) is 8.81. The first-order valence-corrected chi connectivity index (χ1v) is 5.39. The molecule has 14 heavy (non-hydrogen) atoms. The monoisotopic (exact) mass is 200 g/mol. The summed E-state index contributed by atoms with van der Waals surface area (Å²) < 4.78 is 0. The summed E-state index contributed by atoms with van der Waals surface area (Å²) in [4.78, 5) is 6.46. The largest absolute Gasteiger partial charge is 0.359 e. The molecule has 4 nitrogen and oxygen atoms in total. The highest BCUT2D eigenvalue weighted by atomic mass is 15.2. The first-order chi connectivity index (χ1) is 6.78. The molecular formula is C10H24N4. The van der Waals surface area contributed by atoms with Gasteiger partial charge in [0.2, 0.25) is 0 Å². The molecule has 0 bridgehead atoms. The second-order valence-electron chi connectivity index (χ2n) is 3.13. The third-order valence-electron chi connectivity index (χ3n) is 2.30. The number of guanidine groups is 1. The number of hydrogen-bond donors (Lipinski definition) is 2. The van der Waals surface area contributed by atoms with Gasteiger partial charge in [-0.3, -0.25) is 4.99 Å². The van der Waals surface area contributed by atoms with E-state index >= 15 is 0 Å². The van der Waals surface area contributed by atoms with E-state index in [0.29, 0.717) is 0 Å². The van der Waals surface area contributed by atoms with Crippen LogP contribution in [0.4, 0.5) is 0 Å². The van der Waals surface area contributed by atoms with Crippen LogP contribution in [0.25, 0.3) is 0 Å². The second-order valence-corrected chi connectivity index (χ2v) is 3.13. The first kappa shape index (κ1) is 13.2. The van der Waals surface area contributed by atoms with Gasteiger partial charge < -0.3 is 15.5 Å². The highest BCUT2D eigenvalue weighted by Gasteiger charge is 1.98. The van der Waals surface area contributed by atoms with Crippen molar-refractivity contribution in [1.29, 1.82) is 0 Å². The van der Waals surface area contributed by atoms with Gasteiger partial charge in [-0.05, 0) is 26.1 Å². The number of hydrogen-bond acceptors (Lipinski definition) is 2. The minimum absolute atomic E-state index is 0.865. The van der Waals surface area contributed by atoms with E-state index in [2.05, 4.69) is 34.4 Å². The van der Waals surface area contributed by atoms with Crippen LogP contribution >= 0.6 is 0 Å². The Morgan fingerprint density at radius 1 is 1.29 bits per heavy atom. The standard InChI is InChI=1S/C10H24N4/c1-5-14(6-2)9-7-8-13-10(11-3)12-4/h5-9H2,1-4H3,(H2,11,12,13). The third kappa shape index (κ3) is 5.80. The molecular weight excluding hydrogens is 176 g/mol. The average molecular weight is 200 g/mol. The predicted molar refractivity (Wildman–Crippen MR) is 62.8 cm³/mol. The van der Waals surface area contributed by atoms with Crippen LogP contribution < -0.4 is 10.6 Å². The van der Waals surface area contributed by atoms with E-state index in [4.69, 9.17) is 0 Å². The van der Waals surface area contributed by atoms with Gasteiger partial charge in [0.15, 0.2) is 5.96 Å². The molecule has 0 aromatic heterocycles. The van der Waals surface area contributed by atoms with Crippen molar-refractivity contribution in [3.05, 3.63) is 0 Å². The van der Waals surface area contributed by atoms with Crippen LogP contribution in [0.15, 0.2) is 4.99 Å². The third-order valence-corrected chi connectivity index (χ3v) is 2.30. The highest BCUT2D eigenvalue weighted by Crippen LogP contribution is 1.88. The fourth-order valence-electron chi connectivity index (χ4n) is 1.33. The Kier molecular flexibility index (Phi) is 8.33. The summed E-state index contributed by atoms with van der Waals surface area (Å²) in [5, 5.41) is 6.23. The van der Waals surface area contributed by atoms with Crippen molar-refractivity contribution in [3.8, 4) is 0 Å². The summed E-state index contributed by atoms with van der Waals surface area (Å²) in [7, 11) is 3.66. The van der Waals surface area contributed by atoms with Gasteiger partial charge in [-0.1, -0.05) is 13.8 Å². The summed E-state index contributed by atoms with van der Waals surface area (Å²) in [6.07, 6.45) is 1.16. The van der Waals surface area contributed by atoms with Gasteiger partial charge in [-0.2, -0.15) is 0 Å². The van der Waals surface area contributed by atoms with Crippen LogP contribution in [-0.2, 0) is 0 Å². The molecule has 0 radical (unpaired) electrons. The smallest absolute Gasteiger partial charge is 0.190 e. The molecule has 0 saturated carbocycles. The Morgan fingerprint density at radius 3 is 2.36 bits per heavy atom. The zero-order valence-corrected chi connectivity index (χ0v) is 9.93. The first-order valence-electron chi connectivity index (χ1n) is 5.39. The maximum absolute atomic E-state index is 4.04.